The molecule has 39 heavy (non-hydrogen) atoms. The lowest BCUT2D eigenvalue weighted by molar-refractivity contribution is 0.449. The highest BCUT2D eigenvalue weighted by Gasteiger charge is 2.41. The molecule has 1 aliphatic heterocycles. The van der Waals surface area contributed by atoms with Gasteiger partial charge in [0.05, 0.1) is 37.0 Å². The van der Waals surface area contributed by atoms with Crippen molar-refractivity contribution in [3.63, 3.8) is 0 Å². The zero-order valence-corrected chi connectivity index (χ0v) is 28.8. The molecule has 2 aliphatic rings. The number of hydrogen-bond acceptors (Lipinski definition) is 5. The van der Waals surface area contributed by atoms with Crippen molar-refractivity contribution >= 4 is 83.5 Å². The van der Waals surface area contributed by atoms with E-state index in [2.05, 4.69) is 74.7 Å². The van der Waals surface area contributed by atoms with E-state index in [0.29, 0.717) is 28.7 Å². The lowest BCUT2D eigenvalue weighted by Gasteiger charge is -2.23. The van der Waals surface area contributed by atoms with Crippen LogP contribution in [0.25, 0.3) is 11.1 Å². The van der Waals surface area contributed by atoms with Crippen molar-refractivity contribution in [3.8, 4) is 0 Å². The maximum atomic E-state index is 16.0. The summed E-state index contributed by atoms with van der Waals surface area (Å²) in [6.45, 7) is 8.90. The molecule has 2 aromatic rings. The van der Waals surface area contributed by atoms with Crippen molar-refractivity contribution in [2.24, 2.45) is 16.2 Å². The van der Waals surface area contributed by atoms with Crippen LogP contribution in [0.4, 0.5) is 8.78 Å². The largest absolute Gasteiger partial charge is 0.231 e. The van der Waals surface area contributed by atoms with Gasteiger partial charge in [0.1, 0.15) is 0 Å². The number of allylic oxidation sites excluding steroid dienone is 2. The van der Waals surface area contributed by atoms with Crippen LogP contribution in [-0.4, -0.2) is 11.8 Å². The Morgan fingerprint density at radius 3 is 1.92 bits per heavy atom. The third kappa shape index (κ3) is 7.19. The highest BCUT2D eigenvalue weighted by molar-refractivity contribution is 9.11. The lowest BCUT2D eigenvalue weighted by atomic mass is 9.87. The normalized spacial score (nSPS) is 19.1. The average Bonchev–Trinajstić information content (AvgIpc) is 3.64. The first-order chi connectivity index (χ1) is 18.8. The Bertz CT molecular complexity index is 1250. The molecule has 3 heterocycles. The quantitative estimate of drug-likeness (QED) is 0.197. The summed E-state index contributed by atoms with van der Waals surface area (Å²) in [4.78, 5) is 1.49. The van der Waals surface area contributed by atoms with Crippen LogP contribution < -0.4 is 4.72 Å². The van der Waals surface area contributed by atoms with Gasteiger partial charge in [-0.2, -0.15) is 0 Å². The van der Waals surface area contributed by atoms with Gasteiger partial charge in [0.2, 0.25) is 0 Å². The molecule has 0 bridgehead atoms. The summed E-state index contributed by atoms with van der Waals surface area (Å²) in [5.74, 6) is -0.396. The van der Waals surface area contributed by atoms with Crippen LogP contribution in [0.2, 0.25) is 0 Å². The number of rotatable bonds is 14. The van der Waals surface area contributed by atoms with E-state index in [1.165, 1.54) is 84.5 Å². The van der Waals surface area contributed by atoms with E-state index in [1.807, 2.05) is 6.07 Å². The summed E-state index contributed by atoms with van der Waals surface area (Å²) in [5, 5.41) is 0. The van der Waals surface area contributed by atoms with E-state index in [1.54, 1.807) is 0 Å². The summed E-state index contributed by atoms with van der Waals surface area (Å²) in [5.41, 5.74) is 3.58. The fourth-order valence-electron chi connectivity index (χ4n) is 5.43. The fraction of sp³-hybridized carbons (Fsp3) is 0.567. The van der Waals surface area contributed by atoms with Crippen molar-refractivity contribution in [2.45, 2.75) is 97.9 Å². The number of unbranched alkanes of at least 4 members (excludes halogenated alkanes) is 2. The molecular formula is C30H38Br2F2N2S3. The first-order valence-corrected chi connectivity index (χ1v) is 18.2. The molecule has 4 rings (SSSR count). The predicted molar refractivity (Wildman–Crippen MR) is 176 cm³/mol. The van der Waals surface area contributed by atoms with Crippen molar-refractivity contribution in [2.75, 3.05) is 0 Å². The van der Waals surface area contributed by atoms with Gasteiger partial charge in [-0.1, -0.05) is 79.1 Å². The Balaban J connectivity index is 1.67. The highest BCUT2D eigenvalue weighted by atomic mass is 79.9. The average molecular weight is 721 g/mol. The minimum Gasteiger partial charge on any atom is -0.231 e. The first-order valence-electron chi connectivity index (χ1n) is 14.2. The maximum Gasteiger partial charge on any atom is 0.169 e. The molecule has 0 saturated heterocycles. The molecule has 0 fully saturated rings. The SMILES string of the molecule is CCCCC(CC)Cc1cc(C2=C(F)C(F)=C(c3cc(CC(CC)CCCC)c(Br)s3)C3NSN=C23)sc1Br. The Labute approximate surface area is 261 Å². The molecule has 1 aliphatic carbocycles. The number of fused-ring (bicyclic) bond motifs is 1. The molecule has 0 spiro atoms. The molecule has 0 radical (unpaired) electrons. The molecule has 9 heteroatoms. The maximum absolute atomic E-state index is 16.0. The van der Waals surface area contributed by atoms with E-state index in [0.717, 1.165) is 43.0 Å². The van der Waals surface area contributed by atoms with Crippen LogP contribution in [0.1, 0.15) is 99.9 Å². The van der Waals surface area contributed by atoms with Crippen LogP contribution in [0.3, 0.4) is 0 Å². The standard InChI is InChI=1S/C30H38Br2F2N2S3/c1-5-9-11-17(7-3)13-19-15-21(37-29(19)31)23-25(33)26(34)24(28-27(23)35-39-36-28)22-16-20(30(32)38-22)14-18(8-4)12-10-6-2/h15-18,27,35H,5-14H2,1-4H3. The minimum absolute atomic E-state index is 0.291. The molecular weight excluding hydrogens is 682 g/mol. The van der Waals surface area contributed by atoms with Crippen LogP contribution in [0.15, 0.2) is 35.8 Å². The van der Waals surface area contributed by atoms with Crippen molar-refractivity contribution in [3.05, 3.63) is 52.2 Å². The van der Waals surface area contributed by atoms with Gasteiger partial charge in [0.15, 0.2) is 11.7 Å². The van der Waals surface area contributed by atoms with E-state index in [9.17, 15) is 0 Å². The number of thiophene rings is 2. The zero-order chi connectivity index (χ0) is 28.1. The third-order valence-electron chi connectivity index (χ3n) is 7.91. The Morgan fingerprint density at radius 2 is 1.38 bits per heavy atom. The molecule has 0 aromatic carbocycles. The second-order valence-corrected chi connectivity index (χ2v) is 15.9. The van der Waals surface area contributed by atoms with Crippen LogP contribution in [0.5, 0.6) is 0 Å². The smallest absolute Gasteiger partial charge is 0.169 e. The van der Waals surface area contributed by atoms with Crippen LogP contribution in [0, 0.1) is 11.8 Å². The fourth-order valence-corrected chi connectivity index (χ4v) is 9.66. The van der Waals surface area contributed by atoms with Crippen LogP contribution >= 0.6 is 66.7 Å². The van der Waals surface area contributed by atoms with Crippen molar-refractivity contribution in [1.29, 1.82) is 0 Å². The summed E-state index contributed by atoms with van der Waals surface area (Å²) < 4.78 is 41.8. The summed E-state index contributed by atoms with van der Waals surface area (Å²) >= 11 is 11.6. The van der Waals surface area contributed by atoms with Gasteiger partial charge in [0, 0.05) is 15.3 Å². The van der Waals surface area contributed by atoms with Gasteiger partial charge in [-0.05, 0) is 79.8 Å². The van der Waals surface area contributed by atoms with Gasteiger partial charge in [-0.3, -0.25) is 0 Å². The molecule has 3 atom stereocenters. The molecule has 214 valence electrons. The Hall–Kier alpha value is -0.320. The number of hydrogen-bond donors (Lipinski definition) is 1. The topological polar surface area (TPSA) is 24.4 Å². The Kier molecular flexibility index (Phi) is 11.9. The number of nitrogens with one attached hydrogen (secondary N) is 1. The Morgan fingerprint density at radius 1 is 0.846 bits per heavy atom. The van der Waals surface area contributed by atoms with E-state index < -0.39 is 17.7 Å². The van der Waals surface area contributed by atoms with Gasteiger partial charge in [-0.25, -0.2) is 17.9 Å². The van der Waals surface area contributed by atoms with Gasteiger partial charge >= 0.3 is 0 Å². The molecule has 3 unspecified atom stereocenters. The van der Waals surface area contributed by atoms with E-state index >= 15 is 8.78 Å². The highest BCUT2D eigenvalue weighted by Crippen LogP contribution is 2.48. The minimum atomic E-state index is -0.803. The summed E-state index contributed by atoms with van der Waals surface area (Å²) in [6.07, 6.45) is 11.3. The van der Waals surface area contributed by atoms with Gasteiger partial charge in [-0.15, -0.1) is 22.7 Å². The molecule has 0 saturated carbocycles. The zero-order valence-electron chi connectivity index (χ0n) is 23.1. The third-order valence-corrected chi connectivity index (χ3v) is 12.5. The van der Waals surface area contributed by atoms with Crippen molar-refractivity contribution < 1.29 is 8.78 Å². The summed E-state index contributed by atoms with van der Waals surface area (Å²) in [7, 11) is 0. The van der Waals surface area contributed by atoms with Gasteiger partial charge < -0.3 is 0 Å². The molecule has 2 nitrogen and oxygen atoms in total. The van der Waals surface area contributed by atoms with Crippen LogP contribution in [-0.2, 0) is 12.8 Å². The summed E-state index contributed by atoms with van der Waals surface area (Å²) in [6, 6.07) is 3.61. The lowest BCUT2D eigenvalue weighted by Crippen LogP contribution is -2.33. The second kappa shape index (κ2) is 14.7. The number of nitrogens with zero attached hydrogens (tertiary/aromatic N) is 1. The second-order valence-electron chi connectivity index (χ2n) is 10.6. The first kappa shape index (κ1) is 31.6. The molecule has 1 N–H and O–H groups in total. The predicted octanol–water partition coefficient (Wildman–Crippen LogP) is 11.9. The molecule has 0 amide bonds. The number of halogens is 4. The molecule has 2 aromatic heterocycles. The van der Waals surface area contributed by atoms with Crippen molar-refractivity contribution in [1.82, 2.24) is 4.72 Å². The monoisotopic (exact) mass is 718 g/mol. The van der Waals surface area contributed by atoms with Gasteiger partial charge in [0.25, 0.3) is 0 Å². The van der Waals surface area contributed by atoms with E-state index in [-0.39, 0.29) is 0 Å². The van der Waals surface area contributed by atoms with E-state index in [4.69, 9.17) is 0 Å².